The quantitative estimate of drug-likeness (QED) is 0.790. The molecule has 0 N–H and O–H groups in total. The maximum absolute atomic E-state index is 11.8. The number of amides is 2. The Bertz CT molecular complexity index is 579. The maximum atomic E-state index is 11.8. The van der Waals surface area contributed by atoms with E-state index in [1.165, 1.54) is 14.0 Å². The van der Waals surface area contributed by atoms with Crippen LogP contribution in [0.25, 0.3) is 0 Å². The third kappa shape index (κ3) is 2.68. The summed E-state index contributed by atoms with van der Waals surface area (Å²) in [6.45, 7) is 6.65. The first-order valence-corrected chi connectivity index (χ1v) is 6.18. The minimum absolute atomic E-state index is 0.240. The van der Waals surface area contributed by atoms with Crippen LogP contribution in [-0.4, -0.2) is 29.7 Å². The van der Waals surface area contributed by atoms with Gasteiger partial charge in [-0.15, -0.1) is 0 Å². The summed E-state index contributed by atoms with van der Waals surface area (Å²) in [5.41, 5.74) is 0.860. The average molecular weight is 279 g/mol. The second-order valence-electron chi connectivity index (χ2n) is 5.14. The average Bonchev–Trinajstić information content (AvgIpc) is 2.62. The number of rotatable bonds is 1. The molecular formula is C14H17NO5. The van der Waals surface area contributed by atoms with Crippen molar-refractivity contribution in [1.82, 2.24) is 4.90 Å². The molecule has 1 aliphatic rings. The van der Waals surface area contributed by atoms with Crippen molar-refractivity contribution in [3.8, 4) is 17.2 Å². The summed E-state index contributed by atoms with van der Waals surface area (Å²) >= 11 is 0. The molecule has 2 amide bonds. The Hall–Kier alpha value is -2.24. The van der Waals surface area contributed by atoms with Gasteiger partial charge < -0.3 is 14.2 Å². The molecule has 0 aromatic heterocycles. The van der Waals surface area contributed by atoms with Gasteiger partial charge >= 0.3 is 6.09 Å². The van der Waals surface area contributed by atoms with Crippen molar-refractivity contribution in [2.24, 2.45) is 0 Å². The number of carbonyl (C=O) groups is 2. The fourth-order valence-electron chi connectivity index (χ4n) is 1.78. The number of fused-ring (bicyclic) bond motifs is 1. The van der Waals surface area contributed by atoms with E-state index in [2.05, 4.69) is 0 Å². The van der Waals surface area contributed by atoms with Crippen LogP contribution in [0.5, 0.6) is 17.2 Å². The van der Waals surface area contributed by atoms with Gasteiger partial charge in [0.25, 0.3) is 0 Å². The van der Waals surface area contributed by atoms with Gasteiger partial charge in [-0.3, -0.25) is 9.69 Å². The van der Waals surface area contributed by atoms with Crippen molar-refractivity contribution in [1.29, 1.82) is 0 Å². The number of carbonyl (C=O) groups excluding carboxylic acids is 2. The van der Waals surface area contributed by atoms with Gasteiger partial charge in [-0.05, 0) is 24.6 Å². The van der Waals surface area contributed by atoms with Crippen LogP contribution in [0, 0.1) is 6.92 Å². The molecule has 1 aliphatic heterocycles. The van der Waals surface area contributed by atoms with Crippen molar-refractivity contribution < 1.29 is 23.8 Å². The number of imide groups is 1. The van der Waals surface area contributed by atoms with Crippen LogP contribution in [0.15, 0.2) is 12.1 Å². The molecule has 1 aromatic carbocycles. The van der Waals surface area contributed by atoms with E-state index in [9.17, 15) is 9.59 Å². The van der Waals surface area contributed by atoms with Gasteiger partial charge in [0, 0.05) is 27.8 Å². The van der Waals surface area contributed by atoms with Gasteiger partial charge in [0.1, 0.15) is 0 Å². The van der Waals surface area contributed by atoms with Gasteiger partial charge in [0.15, 0.2) is 11.5 Å². The van der Waals surface area contributed by atoms with Gasteiger partial charge in [-0.2, -0.15) is 0 Å². The van der Waals surface area contributed by atoms with Gasteiger partial charge in [-0.25, -0.2) is 4.79 Å². The summed E-state index contributed by atoms with van der Waals surface area (Å²) in [5.74, 6) is -0.0984. The zero-order chi connectivity index (χ0) is 15.1. The maximum Gasteiger partial charge on any atom is 0.421 e. The summed E-state index contributed by atoms with van der Waals surface area (Å²) in [6, 6.07) is 3.46. The minimum Gasteiger partial charge on any atom is -0.449 e. The molecule has 0 saturated carbocycles. The standard InChI is InChI=1S/C14H17NO5/c1-8-6-10(18-13(17)15(5)9(2)16)12-11(7-8)19-14(3,4)20-12/h6-7H,1-5H3. The molecule has 0 aliphatic carbocycles. The monoisotopic (exact) mass is 279 g/mol. The van der Waals surface area contributed by atoms with Crippen LogP contribution in [0.4, 0.5) is 4.79 Å². The highest BCUT2D eigenvalue weighted by Gasteiger charge is 2.35. The smallest absolute Gasteiger partial charge is 0.421 e. The molecule has 108 valence electrons. The number of hydrogen-bond donors (Lipinski definition) is 0. The predicted octanol–water partition coefficient (Wildman–Crippen LogP) is 2.48. The number of benzene rings is 1. The molecular weight excluding hydrogens is 262 g/mol. The first-order chi connectivity index (χ1) is 9.19. The molecule has 2 rings (SSSR count). The van der Waals surface area contributed by atoms with Crippen molar-refractivity contribution in [3.05, 3.63) is 17.7 Å². The lowest BCUT2D eigenvalue weighted by atomic mass is 10.2. The third-order valence-electron chi connectivity index (χ3n) is 2.81. The lowest BCUT2D eigenvalue weighted by Gasteiger charge is -2.17. The second-order valence-corrected chi connectivity index (χ2v) is 5.14. The largest absolute Gasteiger partial charge is 0.449 e. The molecule has 0 radical (unpaired) electrons. The van der Waals surface area contributed by atoms with Gasteiger partial charge in [0.05, 0.1) is 0 Å². The zero-order valence-corrected chi connectivity index (χ0v) is 12.1. The first kappa shape index (κ1) is 14.2. The minimum atomic E-state index is -0.816. The van der Waals surface area contributed by atoms with E-state index < -0.39 is 17.8 Å². The van der Waals surface area contributed by atoms with Crippen molar-refractivity contribution in [3.63, 3.8) is 0 Å². The lowest BCUT2D eigenvalue weighted by Crippen LogP contribution is -2.33. The van der Waals surface area contributed by atoms with Crippen molar-refractivity contribution in [2.75, 3.05) is 7.05 Å². The second kappa shape index (κ2) is 4.70. The fourth-order valence-corrected chi connectivity index (χ4v) is 1.78. The van der Waals surface area contributed by atoms with Crippen LogP contribution in [0.2, 0.25) is 0 Å². The molecule has 0 spiro atoms. The molecule has 1 heterocycles. The normalized spacial score (nSPS) is 14.8. The molecule has 6 nitrogen and oxygen atoms in total. The van der Waals surface area contributed by atoms with Crippen LogP contribution in [0.1, 0.15) is 26.3 Å². The van der Waals surface area contributed by atoms with Gasteiger partial charge in [0.2, 0.25) is 17.4 Å². The number of hydrogen-bond acceptors (Lipinski definition) is 5. The van der Waals surface area contributed by atoms with E-state index >= 15 is 0 Å². The number of ether oxygens (including phenoxy) is 3. The summed E-state index contributed by atoms with van der Waals surface area (Å²) in [5, 5.41) is 0. The summed E-state index contributed by atoms with van der Waals surface area (Å²) in [4.78, 5) is 23.8. The molecule has 0 saturated heterocycles. The Morgan fingerprint density at radius 2 is 1.90 bits per heavy atom. The van der Waals surface area contributed by atoms with Crippen LogP contribution in [0.3, 0.4) is 0 Å². The van der Waals surface area contributed by atoms with E-state index in [0.29, 0.717) is 11.5 Å². The van der Waals surface area contributed by atoms with Crippen LogP contribution < -0.4 is 14.2 Å². The van der Waals surface area contributed by atoms with E-state index in [4.69, 9.17) is 14.2 Å². The van der Waals surface area contributed by atoms with E-state index in [-0.39, 0.29) is 5.75 Å². The van der Waals surface area contributed by atoms with Gasteiger partial charge in [-0.1, -0.05) is 0 Å². The lowest BCUT2D eigenvalue weighted by molar-refractivity contribution is -0.125. The SMILES string of the molecule is CC(=O)N(C)C(=O)Oc1cc(C)cc2c1OC(C)(C)O2. The highest BCUT2D eigenvalue weighted by molar-refractivity contribution is 5.91. The molecule has 0 bridgehead atoms. The van der Waals surface area contributed by atoms with Crippen LogP contribution in [-0.2, 0) is 4.79 Å². The molecule has 0 unspecified atom stereocenters. The highest BCUT2D eigenvalue weighted by atomic mass is 16.7. The Labute approximate surface area is 117 Å². The Morgan fingerprint density at radius 3 is 2.50 bits per heavy atom. The Kier molecular flexibility index (Phi) is 3.33. The van der Waals surface area contributed by atoms with Crippen LogP contribution >= 0.6 is 0 Å². The predicted molar refractivity (Wildman–Crippen MR) is 71.0 cm³/mol. The summed E-state index contributed by atoms with van der Waals surface area (Å²) in [7, 11) is 1.35. The molecule has 0 fully saturated rings. The van der Waals surface area contributed by atoms with Crippen molar-refractivity contribution >= 4 is 12.0 Å². The molecule has 6 heteroatoms. The zero-order valence-electron chi connectivity index (χ0n) is 12.1. The highest BCUT2D eigenvalue weighted by Crippen LogP contribution is 2.46. The molecule has 1 aromatic rings. The number of nitrogens with zero attached hydrogens (tertiary/aromatic N) is 1. The Morgan fingerprint density at radius 1 is 1.25 bits per heavy atom. The first-order valence-electron chi connectivity index (χ1n) is 6.18. The molecule has 20 heavy (non-hydrogen) atoms. The number of aryl methyl sites for hydroxylation is 1. The Balaban J connectivity index is 2.31. The van der Waals surface area contributed by atoms with E-state index in [1.807, 2.05) is 6.92 Å². The van der Waals surface area contributed by atoms with Crippen molar-refractivity contribution in [2.45, 2.75) is 33.5 Å². The topological polar surface area (TPSA) is 65.1 Å². The third-order valence-corrected chi connectivity index (χ3v) is 2.81. The van der Waals surface area contributed by atoms with E-state index in [0.717, 1.165) is 10.5 Å². The molecule has 0 atom stereocenters. The summed E-state index contributed by atoms with van der Waals surface area (Å²) in [6.07, 6.45) is -0.765. The van der Waals surface area contributed by atoms with E-state index in [1.54, 1.807) is 26.0 Å². The fraction of sp³-hybridized carbons (Fsp3) is 0.429. The summed E-state index contributed by atoms with van der Waals surface area (Å²) < 4.78 is 16.4.